The summed E-state index contributed by atoms with van der Waals surface area (Å²) < 4.78 is 5.67. The summed E-state index contributed by atoms with van der Waals surface area (Å²) in [5, 5.41) is 0. The zero-order valence-corrected chi connectivity index (χ0v) is 10.8. The van der Waals surface area contributed by atoms with E-state index in [0.717, 1.165) is 37.7 Å². The molecule has 0 aliphatic carbocycles. The molecule has 1 aromatic carbocycles. The Morgan fingerprint density at radius 1 is 1.11 bits per heavy atom. The fraction of sp³-hybridized carbons (Fsp3) is 0.571. The lowest BCUT2D eigenvalue weighted by atomic mass is 10.2. The first-order valence-electron chi connectivity index (χ1n) is 6.82. The van der Waals surface area contributed by atoms with Crippen LogP contribution < -0.4 is 15.4 Å². The van der Waals surface area contributed by atoms with Crippen LogP contribution in [0.5, 0.6) is 5.75 Å². The number of benzene rings is 1. The second kappa shape index (κ2) is 5.06. The summed E-state index contributed by atoms with van der Waals surface area (Å²) >= 11 is 0. The molecule has 0 bridgehead atoms. The van der Waals surface area contributed by atoms with Crippen molar-refractivity contribution >= 4 is 11.4 Å². The number of likely N-dealkylation sites (tertiary alicyclic amines) is 1. The average molecular weight is 247 g/mol. The Kier molecular flexibility index (Phi) is 3.28. The highest BCUT2D eigenvalue weighted by Crippen LogP contribution is 2.33. The largest absolute Gasteiger partial charge is 0.489 e. The van der Waals surface area contributed by atoms with E-state index in [-0.39, 0.29) is 0 Å². The molecule has 18 heavy (non-hydrogen) atoms. The predicted octanol–water partition coefficient (Wildman–Crippen LogP) is 1.56. The van der Waals surface area contributed by atoms with Gasteiger partial charge in [-0.25, -0.2) is 0 Å². The molecule has 2 N–H and O–H groups in total. The van der Waals surface area contributed by atoms with E-state index in [2.05, 4.69) is 15.9 Å². The van der Waals surface area contributed by atoms with E-state index in [0.29, 0.717) is 0 Å². The van der Waals surface area contributed by atoms with Gasteiger partial charge in [0.2, 0.25) is 0 Å². The number of fused-ring (bicyclic) bond motifs is 1. The minimum absolute atomic E-state index is 0.760. The molecule has 1 fully saturated rings. The third kappa shape index (κ3) is 2.38. The summed E-state index contributed by atoms with van der Waals surface area (Å²) in [6.07, 6.45) is 2.71. The number of rotatable bonds is 3. The van der Waals surface area contributed by atoms with Crippen LogP contribution in [0.25, 0.3) is 0 Å². The Bertz CT molecular complexity index is 416. The van der Waals surface area contributed by atoms with E-state index in [1.54, 1.807) is 0 Å². The molecule has 4 nitrogen and oxygen atoms in total. The molecule has 4 heteroatoms. The van der Waals surface area contributed by atoms with Crippen molar-refractivity contribution in [2.45, 2.75) is 12.8 Å². The molecule has 1 saturated heterocycles. The molecule has 2 heterocycles. The maximum Gasteiger partial charge on any atom is 0.144 e. The maximum atomic E-state index is 5.79. The minimum Gasteiger partial charge on any atom is -0.489 e. The highest BCUT2D eigenvalue weighted by atomic mass is 16.5. The van der Waals surface area contributed by atoms with E-state index in [1.165, 1.54) is 31.6 Å². The van der Waals surface area contributed by atoms with Gasteiger partial charge in [-0.2, -0.15) is 0 Å². The predicted molar refractivity (Wildman–Crippen MR) is 74.2 cm³/mol. The molecule has 0 amide bonds. The lowest BCUT2D eigenvalue weighted by Gasteiger charge is -2.32. The Balaban J connectivity index is 1.67. The quantitative estimate of drug-likeness (QED) is 0.823. The number of hydrogen-bond acceptors (Lipinski definition) is 4. The van der Waals surface area contributed by atoms with Crippen LogP contribution in [0.15, 0.2) is 18.2 Å². The Labute approximate surface area is 108 Å². The summed E-state index contributed by atoms with van der Waals surface area (Å²) in [7, 11) is 0. The Hall–Kier alpha value is -1.42. The summed E-state index contributed by atoms with van der Waals surface area (Å²) in [5.41, 5.74) is 7.76. The molecular weight excluding hydrogens is 226 g/mol. The van der Waals surface area contributed by atoms with Crippen LogP contribution >= 0.6 is 0 Å². The van der Waals surface area contributed by atoms with Gasteiger partial charge in [0.25, 0.3) is 0 Å². The molecule has 0 radical (unpaired) electrons. The van der Waals surface area contributed by atoms with E-state index in [4.69, 9.17) is 10.5 Å². The van der Waals surface area contributed by atoms with Crippen LogP contribution in [0.2, 0.25) is 0 Å². The van der Waals surface area contributed by atoms with Crippen molar-refractivity contribution in [2.24, 2.45) is 0 Å². The van der Waals surface area contributed by atoms with Gasteiger partial charge >= 0.3 is 0 Å². The first-order chi connectivity index (χ1) is 8.83. The summed E-state index contributed by atoms with van der Waals surface area (Å²) in [5.74, 6) is 0.933. The zero-order valence-electron chi connectivity index (χ0n) is 10.8. The lowest BCUT2D eigenvalue weighted by Crippen LogP contribution is -2.38. The van der Waals surface area contributed by atoms with Crippen LogP contribution in [0.3, 0.4) is 0 Å². The van der Waals surface area contributed by atoms with Crippen molar-refractivity contribution in [1.29, 1.82) is 0 Å². The van der Waals surface area contributed by atoms with Crippen LogP contribution in [-0.4, -0.2) is 44.2 Å². The van der Waals surface area contributed by atoms with Gasteiger partial charge in [0.05, 0.1) is 12.2 Å². The maximum absolute atomic E-state index is 5.79. The highest BCUT2D eigenvalue weighted by molar-refractivity contribution is 5.65. The molecule has 2 aliphatic rings. The standard InChI is InChI=1S/C14H21N3O/c15-12-3-4-13-14(11-12)18-10-9-17(13)8-7-16-5-1-2-6-16/h3-4,11H,1-2,5-10,15H2. The van der Waals surface area contributed by atoms with Crippen molar-refractivity contribution in [3.05, 3.63) is 18.2 Å². The second-order valence-electron chi connectivity index (χ2n) is 5.11. The fourth-order valence-corrected chi connectivity index (χ4v) is 2.79. The van der Waals surface area contributed by atoms with Crippen molar-refractivity contribution in [1.82, 2.24) is 4.90 Å². The van der Waals surface area contributed by atoms with Gasteiger partial charge < -0.3 is 20.3 Å². The molecular formula is C14H21N3O. The van der Waals surface area contributed by atoms with Crippen molar-refractivity contribution in [3.8, 4) is 5.75 Å². The van der Waals surface area contributed by atoms with E-state index in [1.807, 2.05) is 12.1 Å². The first kappa shape index (κ1) is 11.7. The van der Waals surface area contributed by atoms with E-state index in [9.17, 15) is 0 Å². The van der Waals surface area contributed by atoms with Crippen LogP contribution in [0, 0.1) is 0 Å². The summed E-state index contributed by atoms with van der Waals surface area (Å²) in [6.45, 7) is 6.50. The first-order valence-corrected chi connectivity index (χ1v) is 6.82. The smallest absolute Gasteiger partial charge is 0.144 e. The number of nitrogens with two attached hydrogens (primary N) is 1. The van der Waals surface area contributed by atoms with Crippen molar-refractivity contribution < 1.29 is 4.74 Å². The number of nitrogens with zero attached hydrogens (tertiary/aromatic N) is 2. The molecule has 0 atom stereocenters. The van der Waals surface area contributed by atoms with Gasteiger partial charge in [-0.3, -0.25) is 0 Å². The molecule has 0 unspecified atom stereocenters. The SMILES string of the molecule is Nc1ccc2c(c1)OCCN2CCN1CCCC1. The molecule has 98 valence electrons. The fourth-order valence-electron chi connectivity index (χ4n) is 2.79. The van der Waals surface area contributed by atoms with Gasteiger partial charge in [-0.05, 0) is 38.1 Å². The topological polar surface area (TPSA) is 41.7 Å². The number of anilines is 2. The van der Waals surface area contributed by atoms with E-state index < -0.39 is 0 Å². The molecule has 0 saturated carbocycles. The summed E-state index contributed by atoms with van der Waals surface area (Å²) in [6, 6.07) is 5.96. The lowest BCUT2D eigenvalue weighted by molar-refractivity contribution is 0.296. The Morgan fingerprint density at radius 2 is 1.94 bits per heavy atom. The normalized spacial score (nSPS) is 19.7. The third-order valence-electron chi connectivity index (χ3n) is 3.83. The third-order valence-corrected chi connectivity index (χ3v) is 3.83. The number of nitrogen functional groups attached to an aromatic ring is 1. The number of hydrogen-bond donors (Lipinski definition) is 1. The molecule has 3 rings (SSSR count). The average Bonchev–Trinajstić information content (AvgIpc) is 2.89. The monoisotopic (exact) mass is 247 g/mol. The van der Waals surface area contributed by atoms with Gasteiger partial charge in [0, 0.05) is 24.8 Å². The van der Waals surface area contributed by atoms with Crippen LogP contribution in [0.1, 0.15) is 12.8 Å². The molecule has 0 aromatic heterocycles. The van der Waals surface area contributed by atoms with Crippen molar-refractivity contribution in [2.75, 3.05) is 50.0 Å². The van der Waals surface area contributed by atoms with Gasteiger partial charge in [0.15, 0.2) is 0 Å². The summed E-state index contributed by atoms with van der Waals surface area (Å²) in [4.78, 5) is 4.96. The van der Waals surface area contributed by atoms with Gasteiger partial charge in [0.1, 0.15) is 12.4 Å². The second-order valence-corrected chi connectivity index (χ2v) is 5.11. The zero-order chi connectivity index (χ0) is 12.4. The molecule has 1 aromatic rings. The van der Waals surface area contributed by atoms with Gasteiger partial charge in [-0.1, -0.05) is 0 Å². The van der Waals surface area contributed by atoms with E-state index >= 15 is 0 Å². The Morgan fingerprint density at radius 3 is 2.78 bits per heavy atom. The van der Waals surface area contributed by atoms with Crippen molar-refractivity contribution in [3.63, 3.8) is 0 Å². The number of ether oxygens (including phenoxy) is 1. The molecule has 2 aliphatic heterocycles. The highest BCUT2D eigenvalue weighted by Gasteiger charge is 2.19. The van der Waals surface area contributed by atoms with Gasteiger partial charge in [-0.15, -0.1) is 0 Å². The molecule has 0 spiro atoms. The minimum atomic E-state index is 0.760. The van der Waals surface area contributed by atoms with Crippen LogP contribution in [-0.2, 0) is 0 Å². The van der Waals surface area contributed by atoms with Crippen LogP contribution in [0.4, 0.5) is 11.4 Å².